The minimum atomic E-state index is -3.84. The first-order valence-corrected chi connectivity index (χ1v) is 13.4. The molecule has 37 heavy (non-hydrogen) atoms. The second-order valence-corrected chi connectivity index (χ2v) is 10.7. The first-order valence-electron chi connectivity index (χ1n) is 11.9. The summed E-state index contributed by atoms with van der Waals surface area (Å²) < 4.78 is 51.1. The quantitative estimate of drug-likeness (QED) is 0.385. The molecule has 0 aromatic heterocycles. The van der Waals surface area contributed by atoms with E-state index >= 15 is 0 Å². The molecule has 0 amide bonds. The van der Waals surface area contributed by atoms with Crippen LogP contribution in [0.4, 0.5) is 11.4 Å². The molecule has 194 valence electrons. The fourth-order valence-corrected chi connectivity index (χ4v) is 6.40. The third-order valence-electron chi connectivity index (χ3n) is 7.05. The Kier molecular flexibility index (Phi) is 6.64. The Bertz CT molecular complexity index is 1450. The SMILES string of the molecule is COc1ccc(NS(=O)(=O)c2ccc3c(c2)[C@H]2C=CC[C@H]2[C@@H](c2cccc(OC)c2OC)N3)cc1OC. The van der Waals surface area contributed by atoms with Crippen LogP contribution >= 0.6 is 0 Å². The topological polar surface area (TPSA) is 95.1 Å². The van der Waals surface area contributed by atoms with Gasteiger partial charge in [-0.3, -0.25) is 4.72 Å². The van der Waals surface area contributed by atoms with Crippen LogP contribution < -0.4 is 29.0 Å². The summed E-state index contributed by atoms with van der Waals surface area (Å²) in [5.41, 5.74) is 3.25. The molecule has 0 bridgehead atoms. The Morgan fingerprint density at radius 1 is 0.838 bits per heavy atom. The van der Waals surface area contributed by atoms with Crippen molar-refractivity contribution in [2.24, 2.45) is 5.92 Å². The molecule has 3 atom stereocenters. The van der Waals surface area contributed by atoms with Gasteiger partial charge in [-0.05, 0) is 54.3 Å². The number of fused-ring (bicyclic) bond motifs is 3. The van der Waals surface area contributed by atoms with E-state index in [0.29, 0.717) is 28.7 Å². The van der Waals surface area contributed by atoms with E-state index in [1.807, 2.05) is 24.3 Å². The molecule has 0 fully saturated rings. The van der Waals surface area contributed by atoms with Crippen LogP contribution in [0.3, 0.4) is 0 Å². The lowest BCUT2D eigenvalue weighted by Gasteiger charge is -2.38. The van der Waals surface area contributed by atoms with Crippen molar-refractivity contribution in [1.82, 2.24) is 0 Å². The lowest BCUT2D eigenvalue weighted by molar-refractivity contribution is 0.341. The van der Waals surface area contributed by atoms with Crippen molar-refractivity contribution < 1.29 is 27.4 Å². The van der Waals surface area contributed by atoms with Crippen LogP contribution in [0.15, 0.2) is 71.6 Å². The second kappa shape index (κ2) is 9.89. The van der Waals surface area contributed by atoms with Gasteiger partial charge in [0.25, 0.3) is 10.0 Å². The second-order valence-electron chi connectivity index (χ2n) is 8.98. The zero-order valence-electron chi connectivity index (χ0n) is 21.1. The highest BCUT2D eigenvalue weighted by Crippen LogP contribution is 2.52. The Labute approximate surface area is 217 Å². The number of ether oxygens (including phenoxy) is 4. The standard InChI is InChI=1S/C28H30N2O6S/c1-33-24-14-11-17(15-26(24)35-3)30-37(31,32)18-12-13-23-22(16-18)19-7-5-8-20(19)27(29-23)21-9-6-10-25(34-2)28(21)36-4/h5-7,9-16,19-20,27,29-30H,8H2,1-4H3/t19-,20+,27-/m0/s1. The number of hydrogen-bond acceptors (Lipinski definition) is 7. The molecule has 1 aliphatic heterocycles. The predicted molar refractivity (Wildman–Crippen MR) is 143 cm³/mol. The number of rotatable bonds is 8. The van der Waals surface area contributed by atoms with Crippen molar-refractivity contribution in [2.75, 3.05) is 38.5 Å². The van der Waals surface area contributed by atoms with Gasteiger partial charge in [0.05, 0.1) is 45.1 Å². The highest BCUT2D eigenvalue weighted by atomic mass is 32.2. The van der Waals surface area contributed by atoms with Crippen LogP contribution in [0.1, 0.15) is 29.5 Å². The molecular weight excluding hydrogens is 492 g/mol. The highest BCUT2D eigenvalue weighted by molar-refractivity contribution is 7.92. The number of hydrogen-bond donors (Lipinski definition) is 2. The van der Waals surface area contributed by atoms with Crippen molar-refractivity contribution >= 4 is 21.4 Å². The van der Waals surface area contributed by atoms with Crippen molar-refractivity contribution in [3.05, 3.63) is 77.9 Å². The number of para-hydroxylation sites is 1. The highest BCUT2D eigenvalue weighted by Gasteiger charge is 2.40. The van der Waals surface area contributed by atoms with Crippen LogP contribution in [0.5, 0.6) is 23.0 Å². The van der Waals surface area contributed by atoms with E-state index in [-0.39, 0.29) is 22.8 Å². The summed E-state index contributed by atoms with van der Waals surface area (Å²) in [4.78, 5) is 0.194. The molecule has 3 aromatic rings. The number of benzene rings is 3. The van der Waals surface area contributed by atoms with E-state index in [1.54, 1.807) is 44.6 Å². The van der Waals surface area contributed by atoms with Crippen molar-refractivity contribution in [3.63, 3.8) is 0 Å². The molecular formula is C28H30N2O6S. The van der Waals surface area contributed by atoms with Gasteiger partial charge in [0.2, 0.25) is 0 Å². The van der Waals surface area contributed by atoms with Gasteiger partial charge in [-0.15, -0.1) is 0 Å². The van der Waals surface area contributed by atoms with Crippen LogP contribution in [-0.2, 0) is 10.0 Å². The molecule has 8 nitrogen and oxygen atoms in total. The maximum atomic E-state index is 13.3. The molecule has 5 rings (SSSR count). The number of nitrogens with one attached hydrogen (secondary N) is 2. The fourth-order valence-electron chi connectivity index (χ4n) is 5.32. The average molecular weight is 523 g/mol. The molecule has 0 saturated heterocycles. The summed E-state index contributed by atoms with van der Waals surface area (Å²) in [7, 11) is 2.47. The number of allylic oxidation sites excluding steroid dienone is 2. The van der Waals surface area contributed by atoms with Crippen molar-refractivity contribution in [3.8, 4) is 23.0 Å². The average Bonchev–Trinajstić information content (AvgIpc) is 3.42. The summed E-state index contributed by atoms with van der Waals surface area (Å²) in [5.74, 6) is 2.60. The molecule has 0 saturated carbocycles. The van der Waals surface area contributed by atoms with Gasteiger partial charge in [0.15, 0.2) is 23.0 Å². The van der Waals surface area contributed by atoms with Crippen LogP contribution in [0.25, 0.3) is 0 Å². The van der Waals surface area contributed by atoms with Crippen LogP contribution in [0.2, 0.25) is 0 Å². The first kappa shape index (κ1) is 24.8. The zero-order valence-corrected chi connectivity index (χ0v) is 22.0. The molecule has 3 aromatic carbocycles. The summed E-state index contributed by atoms with van der Waals surface area (Å²) in [6.07, 6.45) is 5.19. The van der Waals surface area contributed by atoms with Gasteiger partial charge in [-0.25, -0.2) is 8.42 Å². The minimum Gasteiger partial charge on any atom is -0.493 e. The maximum absolute atomic E-state index is 13.3. The van der Waals surface area contributed by atoms with E-state index < -0.39 is 10.0 Å². The van der Waals surface area contributed by atoms with E-state index in [1.165, 1.54) is 14.2 Å². The van der Waals surface area contributed by atoms with E-state index in [4.69, 9.17) is 18.9 Å². The van der Waals surface area contributed by atoms with Gasteiger partial charge in [0, 0.05) is 23.2 Å². The minimum absolute atomic E-state index is 0.0232. The maximum Gasteiger partial charge on any atom is 0.261 e. The fraction of sp³-hybridized carbons (Fsp3) is 0.286. The molecule has 2 N–H and O–H groups in total. The Morgan fingerprint density at radius 3 is 2.35 bits per heavy atom. The third-order valence-corrected chi connectivity index (χ3v) is 8.43. The third kappa shape index (κ3) is 4.44. The Balaban J connectivity index is 1.48. The van der Waals surface area contributed by atoms with Crippen molar-refractivity contribution in [2.45, 2.75) is 23.3 Å². The van der Waals surface area contributed by atoms with E-state index in [9.17, 15) is 8.42 Å². The summed E-state index contributed by atoms with van der Waals surface area (Å²) in [5, 5.41) is 3.65. The Morgan fingerprint density at radius 2 is 1.62 bits per heavy atom. The number of sulfonamides is 1. The predicted octanol–water partition coefficient (Wildman–Crippen LogP) is 5.35. The van der Waals surface area contributed by atoms with Gasteiger partial charge < -0.3 is 24.3 Å². The van der Waals surface area contributed by atoms with Gasteiger partial charge in [-0.1, -0.05) is 24.3 Å². The van der Waals surface area contributed by atoms with Crippen molar-refractivity contribution in [1.29, 1.82) is 0 Å². The molecule has 0 radical (unpaired) electrons. The summed E-state index contributed by atoms with van der Waals surface area (Å²) in [6, 6.07) is 16.0. The van der Waals surface area contributed by atoms with Crippen LogP contribution in [-0.4, -0.2) is 36.9 Å². The van der Waals surface area contributed by atoms with E-state index in [0.717, 1.165) is 23.2 Å². The van der Waals surface area contributed by atoms with Gasteiger partial charge in [0.1, 0.15) is 0 Å². The largest absolute Gasteiger partial charge is 0.493 e. The van der Waals surface area contributed by atoms with E-state index in [2.05, 4.69) is 22.2 Å². The van der Waals surface area contributed by atoms with Gasteiger partial charge >= 0.3 is 0 Å². The monoisotopic (exact) mass is 522 g/mol. The molecule has 9 heteroatoms. The molecule has 2 aliphatic rings. The lowest BCUT2D eigenvalue weighted by atomic mass is 9.77. The zero-order chi connectivity index (χ0) is 26.2. The molecule has 0 unspecified atom stereocenters. The number of methoxy groups -OCH3 is 4. The molecule has 1 aliphatic carbocycles. The smallest absolute Gasteiger partial charge is 0.261 e. The lowest BCUT2D eigenvalue weighted by Crippen LogP contribution is -2.29. The molecule has 1 heterocycles. The molecule has 0 spiro atoms. The summed E-state index contributed by atoms with van der Waals surface area (Å²) in [6.45, 7) is 0. The normalized spacial score (nSPS) is 19.8. The Hall–Kier alpha value is -3.85. The first-order chi connectivity index (χ1) is 17.9. The van der Waals surface area contributed by atoms with Gasteiger partial charge in [-0.2, -0.15) is 0 Å². The number of anilines is 2. The van der Waals surface area contributed by atoms with Crippen LogP contribution in [0, 0.1) is 5.92 Å². The summed E-state index contributed by atoms with van der Waals surface area (Å²) >= 11 is 0.